The van der Waals surface area contributed by atoms with Gasteiger partial charge in [0, 0.05) is 17.7 Å². The zero-order valence-corrected chi connectivity index (χ0v) is 10.0. The van der Waals surface area contributed by atoms with Gasteiger partial charge < -0.3 is 17.6 Å². The topological polar surface area (TPSA) is 36.5 Å². The highest BCUT2D eigenvalue weighted by atomic mass is 35.5. The maximum atomic E-state index is 8.36. The van der Waals surface area contributed by atoms with Crippen molar-refractivity contribution in [2.45, 2.75) is 6.54 Å². The van der Waals surface area contributed by atoms with E-state index in [0.717, 1.165) is 12.1 Å². The van der Waals surface area contributed by atoms with Crippen LogP contribution in [0.15, 0.2) is 47.2 Å². The summed E-state index contributed by atoms with van der Waals surface area (Å²) in [6.45, 7) is 0.883. The summed E-state index contributed by atoms with van der Waals surface area (Å²) in [7, 11) is 0. The van der Waals surface area contributed by atoms with Crippen LogP contribution >= 0.6 is 11.3 Å². The maximum absolute atomic E-state index is 8.36. The summed E-state index contributed by atoms with van der Waals surface area (Å²) in [6.07, 6.45) is 5.35. The van der Waals surface area contributed by atoms with Crippen LogP contribution in [0, 0.1) is 0 Å². The number of oxime groups is 1. The second-order valence-corrected chi connectivity index (χ2v) is 4.16. The molecule has 0 saturated heterocycles. The van der Waals surface area contributed by atoms with Crippen LogP contribution in [0.2, 0.25) is 0 Å². The SMILES string of the molecule is O/N=C/c1cc[n+](Cc2cccs2)cc1.[Cl-]. The molecule has 84 valence electrons. The largest absolute Gasteiger partial charge is 1.00 e. The molecule has 0 radical (unpaired) electrons. The fourth-order valence-electron chi connectivity index (χ4n) is 1.31. The highest BCUT2D eigenvalue weighted by molar-refractivity contribution is 7.09. The van der Waals surface area contributed by atoms with Gasteiger partial charge in [-0.15, -0.1) is 11.3 Å². The Labute approximate surface area is 104 Å². The fourth-order valence-corrected chi connectivity index (χ4v) is 2.02. The van der Waals surface area contributed by atoms with E-state index in [1.165, 1.54) is 11.1 Å². The van der Waals surface area contributed by atoms with Crippen LogP contribution in [0.4, 0.5) is 0 Å². The molecule has 0 amide bonds. The lowest BCUT2D eigenvalue weighted by molar-refractivity contribution is -0.687. The molecule has 0 aliphatic rings. The summed E-state index contributed by atoms with van der Waals surface area (Å²) in [5.41, 5.74) is 0.889. The van der Waals surface area contributed by atoms with Gasteiger partial charge in [0.2, 0.25) is 0 Å². The third-order valence-corrected chi connectivity index (χ3v) is 2.90. The molecule has 5 heteroatoms. The van der Waals surface area contributed by atoms with Gasteiger partial charge in [-0.25, -0.2) is 0 Å². The molecule has 1 N–H and O–H groups in total. The van der Waals surface area contributed by atoms with Crippen molar-refractivity contribution in [2.75, 3.05) is 0 Å². The first-order chi connectivity index (χ1) is 7.38. The number of rotatable bonds is 3. The van der Waals surface area contributed by atoms with Crippen LogP contribution < -0.4 is 17.0 Å². The predicted molar refractivity (Wildman–Crippen MR) is 59.4 cm³/mol. The van der Waals surface area contributed by atoms with Gasteiger partial charge in [0.15, 0.2) is 18.9 Å². The summed E-state index contributed by atoms with van der Waals surface area (Å²) in [5.74, 6) is 0. The molecule has 0 spiro atoms. The zero-order valence-electron chi connectivity index (χ0n) is 8.45. The number of hydrogen-bond donors (Lipinski definition) is 1. The van der Waals surface area contributed by atoms with E-state index >= 15 is 0 Å². The van der Waals surface area contributed by atoms with Gasteiger partial charge in [0.25, 0.3) is 0 Å². The van der Waals surface area contributed by atoms with Crippen molar-refractivity contribution in [3.63, 3.8) is 0 Å². The van der Waals surface area contributed by atoms with E-state index in [2.05, 4.69) is 21.2 Å². The predicted octanol–water partition coefficient (Wildman–Crippen LogP) is -1.10. The average molecular weight is 255 g/mol. The first-order valence-electron chi connectivity index (χ1n) is 4.57. The molecule has 0 aromatic carbocycles. The summed E-state index contributed by atoms with van der Waals surface area (Å²) in [4.78, 5) is 1.32. The zero-order chi connectivity index (χ0) is 10.5. The standard InChI is InChI=1S/C11H10N2OS.ClH/c14-12-8-10-3-5-13(6-4-10)9-11-2-1-7-15-11;/h1-8H,9H2;1H. The molecule has 2 rings (SSSR count). The van der Waals surface area contributed by atoms with Crippen molar-refractivity contribution >= 4 is 17.6 Å². The molecule has 2 aromatic rings. The van der Waals surface area contributed by atoms with Gasteiger partial charge in [0.05, 0.1) is 11.1 Å². The Morgan fingerprint density at radius 2 is 2.06 bits per heavy atom. The molecule has 0 aliphatic carbocycles. The fraction of sp³-hybridized carbons (Fsp3) is 0.0909. The Kier molecular flexibility index (Phi) is 4.95. The van der Waals surface area contributed by atoms with E-state index < -0.39 is 0 Å². The normalized spacial score (nSPS) is 10.2. The molecule has 0 fully saturated rings. The summed E-state index contributed by atoms with van der Waals surface area (Å²) >= 11 is 1.75. The van der Waals surface area contributed by atoms with Gasteiger partial charge in [0.1, 0.15) is 0 Å². The lowest BCUT2D eigenvalue weighted by Gasteiger charge is -1.94. The second-order valence-electron chi connectivity index (χ2n) is 3.13. The highest BCUT2D eigenvalue weighted by Crippen LogP contribution is 2.07. The molecule has 0 unspecified atom stereocenters. The lowest BCUT2D eigenvalue weighted by Crippen LogP contribution is -3.00. The molecule has 16 heavy (non-hydrogen) atoms. The van der Waals surface area contributed by atoms with Crippen molar-refractivity contribution in [2.24, 2.45) is 5.16 Å². The Bertz CT molecular complexity index is 440. The number of hydrogen-bond acceptors (Lipinski definition) is 3. The van der Waals surface area contributed by atoms with Crippen LogP contribution in [-0.4, -0.2) is 11.4 Å². The van der Waals surface area contributed by atoms with Crippen molar-refractivity contribution < 1.29 is 22.2 Å². The second kappa shape index (κ2) is 6.25. The van der Waals surface area contributed by atoms with E-state index in [1.807, 2.05) is 30.6 Å². The average Bonchev–Trinajstić information content (AvgIpc) is 2.74. The lowest BCUT2D eigenvalue weighted by atomic mass is 10.3. The minimum Gasteiger partial charge on any atom is -1.00 e. The number of thiophene rings is 1. The van der Waals surface area contributed by atoms with Crippen molar-refractivity contribution in [3.05, 3.63) is 52.5 Å². The van der Waals surface area contributed by atoms with Crippen LogP contribution in [0.1, 0.15) is 10.4 Å². The molecule has 0 saturated carbocycles. The monoisotopic (exact) mass is 254 g/mol. The van der Waals surface area contributed by atoms with Crippen LogP contribution in [0.5, 0.6) is 0 Å². The molecule has 0 aliphatic heterocycles. The minimum atomic E-state index is 0. The minimum absolute atomic E-state index is 0. The Hall–Kier alpha value is -1.39. The van der Waals surface area contributed by atoms with Gasteiger partial charge in [-0.05, 0) is 11.4 Å². The summed E-state index contributed by atoms with van der Waals surface area (Å²) in [5, 5.41) is 13.4. The van der Waals surface area contributed by atoms with Crippen LogP contribution in [0.3, 0.4) is 0 Å². The molecule has 2 aromatic heterocycles. The van der Waals surface area contributed by atoms with Gasteiger partial charge >= 0.3 is 0 Å². The summed E-state index contributed by atoms with van der Waals surface area (Å²) < 4.78 is 2.08. The quantitative estimate of drug-likeness (QED) is 0.321. The number of pyridine rings is 1. The summed E-state index contributed by atoms with van der Waals surface area (Å²) in [6, 6.07) is 7.98. The molecule has 2 heterocycles. The highest BCUT2D eigenvalue weighted by Gasteiger charge is 2.02. The Morgan fingerprint density at radius 1 is 1.31 bits per heavy atom. The van der Waals surface area contributed by atoms with Gasteiger partial charge in [-0.2, -0.15) is 4.57 Å². The molecule has 0 atom stereocenters. The van der Waals surface area contributed by atoms with E-state index in [0.29, 0.717) is 0 Å². The molecular formula is C11H11ClN2OS. The first-order valence-corrected chi connectivity index (χ1v) is 5.45. The van der Waals surface area contributed by atoms with E-state index in [9.17, 15) is 0 Å². The number of halogens is 1. The van der Waals surface area contributed by atoms with Crippen LogP contribution in [0.25, 0.3) is 0 Å². The first kappa shape index (κ1) is 12.7. The van der Waals surface area contributed by atoms with Gasteiger partial charge in [-0.1, -0.05) is 11.2 Å². The third-order valence-electron chi connectivity index (χ3n) is 2.04. The Morgan fingerprint density at radius 3 is 2.62 bits per heavy atom. The molecule has 0 bridgehead atoms. The van der Waals surface area contributed by atoms with E-state index in [1.54, 1.807) is 11.3 Å². The van der Waals surface area contributed by atoms with E-state index in [-0.39, 0.29) is 12.4 Å². The number of aromatic nitrogens is 1. The third kappa shape index (κ3) is 3.32. The smallest absolute Gasteiger partial charge is 0.182 e. The van der Waals surface area contributed by atoms with E-state index in [4.69, 9.17) is 5.21 Å². The van der Waals surface area contributed by atoms with Crippen LogP contribution in [-0.2, 0) is 6.54 Å². The Balaban J connectivity index is 0.00000128. The van der Waals surface area contributed by atoms with Crippen molar-refractivity contribution in [1.82, 2.24) is 0 Å². The molecule has 3 nitrogen and oxygen atoms in total. The van der Waals surface area contributed by atoms with Crippen molar-refractivity contribution in [3.8, 4) is 0 Å². The number of nitrogens with zero attached hydrogens (tertiary/aromatic N) is 2. The molecular weight excluding hydrogens is 244 g/mol. The van der Waals surface area contributed by atoms with Crippen molar-refractivity contribution in [1.29, 1.82) is 0 Å². The van der Waals surface area contributed by atoms with Gasteiger partial charge in [-0.3, -0.25) is 0 Å². The maximum Gasteiger partial charge on any atom is 0.182 e.